The number of furan rings is 1. The van der Waals surface area contributed by atoms with Crippen molar-refractivity contribution in [3.63, 3.8) is 0 Å². The molecular formula is C22H25FN4O2. The Labute approximate surface area is 169 Å². The zero-order chi connectivity index (χ0) is 20.5. The highest BCUT2D eigenvalue weighted by Gasteiger charge is 2.25. The van der Waals surface area contributed by atoms with Crippen LogP contribution in [0.4, 0.5) is 20.7 Å². The van der Waals surface area contributed by atoms with Gasteiger partial charge in [0, 0.05) is 24.0 Å². The third kappa shape index (κ3) is 3.90. The molecule has 1 atom stereocenters. The van der Waals surface area contributed by atoms with Crippen LogP contribution in [0.5, 0.6) is 0 Å². The van der Waals surface area contributed by atoms with Crippen LogP contribution in [0, 0.1) is 18.7 Å². The normalized spacial score (nSPS) is 14.7. The third-order valence-electron chi connectivity index (χ3n) is 5.36. The molecule has 3 aromatic rings. The molecule has 152 valence electrons. The standard InChI is InChI=1S/C22H25FN4O2/c1-13(2)20(21-14(3)17-11-15(23)5-7-18(17)29-21)26-22(28)25-16-6-8-19(24-12-16)27-9-4-10-27/h5-8,11-13,20H,4,9-10H2,1-3H3,(H2,25,26,28)/t20-/m0/s1. The van der Waals surface area contributed by atoms with Crippen LogP contribution in [0.2, 0.25) is 0 Å². The molecule has 0 spiro atoms. The van der Waals surface area contributed by atoms with Crippen LogP contribution in [0.1, 0.15) is 37.6 Å². The highest BCUT2D eigenvalue weighted by atomic mass is 19.1. The van der Waals surface area contributed by atoms with E-state index >= 15 is 0 Å². The predicted molar refractivity (Wildman–Crippen MR) is 112 cm³/mol. The number of hydrogen-bond acceptors (Lipinski definition) is 4. The second-order valence-corrected chi connectivity index (χ2v) is 7.80. The van der Waals surface area contributed by atoms with Crippen molar-refractivity contribution < 1.29 is 13.6 Å². The first-order valence-electron chi connectivity index (χ1n) is 9.89. The number of carbonyl (C=O) groups excluding carboxylic acids is 1. The molecule has 1 aromatic carbocycles. The Balaban J connectivity index is 1.49. The van der Waals surface area contributed by atoms with Crippen molar-refractivity contribution in [2.75, 3.05) is 23.3 Å². The average Bonchev–Trinajstić information content (AvgIpc) is 2.96. The van der Waals surface area contributed by atoms with Crippen molar-refractivity contribution in [2.24, 2.45) is 5.92 Å². The second-order valence-electron chi connectivity index (χ2n) is 7.80. The number of nitrogens with one attached hydrogen (secondary N) is 2. The molecule has 0 radical (unpaired) electrons. The molecule has 3 heterocycles. The summed E-state index contributed by atoms with van der Waals surface area (Å²) >= 11 is 0. The maximum Gasteiger partial charge on any atom is 0.319 e. The lowest BCUT2D eigenvalue weighted by molar-refractivity contribution is 0.241. The fraction of sp³-hybridized carbons (Fsp3) is 0.364. The summed E-state index contributed by atoms with van der Waals surface area (Å²) in [5.74, 6) is 1.33. The SMILES string of the molecule is Cc1c([C@@H](NC(=O)Nc2ccc(N3CCC3)nc2)C(C)C)oc2ccc(F)cc12. The number of aromatic nitrogens is 1. The van der Waals surface area contributed by atoms with E-state index in [1.165, 1.54) is 18.6 Å². The molecule has 4 rings (SSSR count). The van der Waals surface area contributed by atoms with E-state index in [1.54, 1.807) is 12.3 Å². The number of anilines is 2. The maximum atomic E-state index is 13.6. The summed E-state index contributed by atoms with van der Waals surface area (Å²) in [5.41, 5.74) is 2.06. The van der Waals surface area contributed by atoms with Gasteiger partial charge in [-0.05, 0) is 49.6 Å². The fourth-order valence-electron chi connectivity index (χ4n) is 3.54. The number of aryl methyl sites for hydroxylation is 1. The van der Waals surface area contributed by atoms with Crippen molar-refractivity contribution >= 4 is 28.5 Å². The Morgan fingerprint density at radius 1 is 1.24 bits per heavy atom. The van der Waals surface area contributed by atoms with Crippen molar-refractivity contribution in [2.45, 2.75) is 33.2 Å². The predicted octanol–water partition coefficient (Wildman–Crippen LogP) is 5.00. The largest absolute Gasteiger partial charge is 0.459 e. The summed E-state index contributed by atoms with van der Waals surface area (Å²) in [6.07, 6.45) is 2.85. The van der Waals surface area contributed by atoms with E-state index < -0.39 is 0 Å². The van der Waals surface area contributed by atoms with Crippen LogP contribution in [-0.2, 0) is 0 Å². The minimum absolute atomic E-state index is 0.0803. The highest BCUT2D eigenvalue weighted by Crippen LogP contribution is 2.33. The lowest BCUT2D eigenvalue weighted by Gasteiger charge is -2.31. The Morgan fingerprint density at radius 2 is 2.03 bits per heavy atom. The summed E-state index contributed by atoms with van der Waals surface area (Å²) in [6, 6.07) is 7.51. The van der Waals surface area contributed by atoms with Crippen molar-refractivity contribution in [1.82, 2.24) is 10.3 Å². The lowest BCUT2D eigenvalue weighted by Crippen LogP contribution is -2.37. The maximum absolute atomic E-state index is 13.6. The Kier molecular flexibility index (Phi) is 5.13. The molecule has 1 fully saturated rings. The molecule has 1 aliphatic heterocycles. The summed E-state index contributed by atoms with van der Waals surface area (Å²) in [7, 11) is 0. The lowest BCUT2D eigenvalue weighted by atomic mass is 9.98. The molecule has 0 aliphatic carbocycles. The van der Waals surface area contributed by atoms with E-state index in [0.29, 0.717) is 17.0 Å². The van der Waals surface area contributed by atoms with Gasteiger partial charge >= 0.3 is 6.03 Å². The first-order valence-corrected chi connectivity index (χ1v) is 9.89. The summed E-state index contributed by atoms with van der Waals surface area (Å²) in [5, 5.41) is 6.53. The van der Waals surface area contributed by atoms with Gasteiger partial charge in [0.1, 0.15) is 23.0 Å². The third-order valence-corrected chi connectivity index (χ3v) is 5.36. The molecule has 0 saturated carbocycles. The number of rotatable bonds is 5. The van der Waals surface area contributed by atoms with Crippen LogP contribution >= 0.6 is 0 Å². The minimum atomic E-state index is -0.348. The number of benzene rings is 1. The fourth-order valence-corrected chi connectivity index (χ4v) is 3.54. The van der Waals surface area contributed by atoms with Gasteiger partial charge in [0.2, 0.25) is 0 Å². The van der Waals surface area contributed by atoms with Gasteiger partial charge in [-0.1, -0.05) is 13.8 Å². The van der Waals surface area contributed by atoms with Crippen molar-refractivity contribution in [1.29, 1.82) is 0 Å². The molecule has 2 N–H and O–H groups in total. The van der Waals surface area contributed by atoms with E-state index in [1.807, 2.05) is 32.9 Å². The molecule has 6 nitrogen and oxygen atoms in total. The van der Waals surface area contributed by atoms with Crippen LogP contribution in [-0.4, -0.2) is 24.1 Å². The second kappa shape index (κ2) is 7.73. The van der Waals surface area contributed by atoms with Crippen LogP contribution in [0.25, 0.3) is 11.0 Å². The van der Waals surface area contributed by atoms with Crippen LogP contribution in [0.3, 0.4) is 0 Å². The Bertz CT molecular complexity index is 1030. The van der Waals surface area contributed by atoms with E-state index in [9.17, 15) is 9.18 Å². The van der Waals surface area contributed by atoms with Gasteiger partial charge in [0.05, 0.1) is 17.9 Å². The number of nitrogens with zero attached hydrogens (tertiary/aromatic N) is 2. The Hall–Kier alpha value is -3.09. The summed E-state index contributed by atoms with van der Waals surface area (Å²) < 4.78 is 19.6. The van der Waals surface area contributed by atoms with E-state index in [4.69, 9.17) is 4.42 Å². The quantitative estimate of drug-likeness (QED) is 0.636. The van der Waals surface area contributed by atoms with Crippen LogP contribution in [0.15, 0.2) is 40.9 Å². The molecule has 7 heteroatoms. The highest BCUT2D eigenvalue weighted by molar-refractivity contribution is 5.90. The molecule has 2 aromatic heterocycles. The van der Waals surface area contributed by atoms with E-state index in [2.05, 4.69) is 20.5 Å². The average molecular weight is 396 g/mol. The topological polar surface area (TPSA) is 70.4 Å². The number of halogens is 1. The van der Waals surface area contributed by atoms with Gasteiger partial charge in [0.15, 0.2) is 0 Å². The van der Waals surface area contributed by atoms with E-state index in [0.717, 1.165) is 29.9 Å². The van der Waals surface area contributed by atoms with Gasteiger partial charge in [-0.15, -0.1) is 0 Å². The number of urea groups is 1. The molecule has 1 saturated heterocycles. The molecule has 0 unspecified atom stereocenters. The zero-order valence-corrected chi connectivity index (χ0v) is 16.8. The first kappa shape index (κ1) is 19.2. The van der Waals surface area contributed by atoms with Crippen LogP contribution < -0.4 is 15.5 Å². The van der Waals surface area contributed by atoms with Gasteiger partial charge < -0.3 is 20.0 Å². The molecule has 2 amide bonds. The van der Waals surface area contributed by atoms with Gasteiger partial charge in [-0.3, -0.25) is 0 Å². The molecule has 1 aliphatic rings. The molecular weight excluding hydrogens is 371 g/mol. The summed E-state index contributed by atoms with van der Waals surface area (Å²) in [4.78, 5) is 19.2. The van der Waals surface area contributed by atoms with E-state index in [-0.39, 0.29) is 23.8 Å². The van der Waals surface area contributed by atoms with Gasteiger partial charge in [-0.2, -0.15) is 0 Å². The molecule has 29 heavy (non-hydrogen) atoms. The number of fused-ring (bicyclic) bond motifs is 1. The smallest absolute Gasteiger partial charge is 0.319 e. The summed E-state index contributed by atoms with van der Waals surface area (Å²) in [6.45, 7) is 7.94. The molecule has 0 bridgehead atoms. The Morgan fingerprint density at radius 3 is 2.66 bits per heavy atom. The monoisotopic (exact) mass is 396 g/mol. The van der Waals surface area contributed by atoms with Crippen molar-refractivity contribution in [3.05, 3.63) is 53.7 Å². The first-order chi connectivity index (χ1) is 13.9. The van der Waals surface area contributed by atoms with Gasteiger partial charge in [0.25, 0.3) is 0 Å². The number of amides is 2. The number of pyridine rings is 1. The zero-order valence-electron chi connectivity index (χ0n) is 16.8. The number of hydrogen-bond donors (Lipinski definition) is 2. The van der Waals surface area contributed by atoms with Gasteiger partial charge in [-0.25, -0.2) is 14.2 Å². The number of carbonyl (C=O) groups is 1. The minimum Gasteiger partial charge on any atom is -0.459 e. The van der Waals surface area contributed by atoms with Crippen molar-refractivity contribution in [3.8, 4) is 0 Å².